The number of rotatable bonds is 3. The fourth-order valence-electron chi connectivity index (χ4n) is 1.30. The van der Waals surface area contributed by atoms with Crippen molar-refractivity contribution < 1.29 is 19.4 Å². The van der Waals surface area contributed by atoms with E-state index in [2.05, 4.69) is 0 Å². The minimum atomic E-state index is -1.05. The molecule has 1 aromatic carbocycles. The Balaban J connectivity index is 3.43. The zero-order valence-electron chi connectivity index (χ0n) is 8.33. The van der Waals surface area contributed by atoms with Gasteiger partial charge in [-0.1, -0.05) is 6.07 Å². The lowest BCUT2D eigenvalue weighted by Crippen LogP contribution is -2.05. The second kappa shape index (κ2) is 4.00. The minimum Gasteiger partial charge on any atom is -0.496 e. The summed E-state index contributed by atoms with van der Waals surface area (Å²) in [7, 11) is 2.87. The average Bonchev–Trinajstić information content (AvgIpc) is 2.17. The Labute approximate surface area is 82.1 Å². The Kier molecular flexibility index (Phi) is 2.96. The summed E-state index contributed by atoms with van der Waals surface area (Å²) in [5.41, 5.74) is 0.834. The molecular weight excluding hydrogens is 184 g/mol. The molecule has 0 unspecified atom stereocenters. The highest BCUT2D eigenvalue weighted by Gasteiger charge is 2.18. The first-order chi connectivity index (χ1) is 6.61. The van der Waals surface area contributed by atoms with E-state index in [9.17, 15) is 4.79 Å². The van der Waals surface area contributed by atoms with Crippen LogP contribution in [-0.2, 0) is 0 Å². The van der Waals surface area contributed by atoms with Crippen LogP contribution in [0.3, 0.4) is 0 Å². The third-order valence-corrected chi connectivity index (χ3v) is 1.95. The maximum atomic E-state index is 11.0. The number of carbonyl (C=O) groups is 1. The first kappa shape index (κ1) is 10.4. The predicted molar refractivity (Wildman–Crippen MR) is 51.2 cm³/mol. The highest BCUT2D eigenvalue weighted by atomic mass is 16.5. The molecule has 76 valence electrons. The molecule has 0 atom stereocenters. The van der Waals surface area contributed by atoms with Crippen LogP contribution < -0.4 is 9.47 Å². The molecule has 0 saturated heterocycles. The van der Waals surface area contributed by atoms with Gasteiger partial charge in [-0.2, -0.15) is 0 Å². The van der Waals surface area contributed by atoms with Crippen LogP contribution in [0.5, 0.6) is 11.5 Å². The zero-order chi connectivity index (χ0) is 10.7. The largest absolute Gasteiger partial charge is 0.496 e. The lowest BCUT2D eigenvalue weighted by atomic mass is 10.1. The summed E-state index contributed by atoms with van der Waals surface area (Å²) >= 11 is 0. The predicted octanol–water partition coefficient (Wildman–Crippen LogP) is 1.71. The molecule has 1 N–H and O–H groups in total. The second-order valence-electron chi connectivity index (χ2n) is 2.80. The van der Waals surface area contributed by atoms with Crippen molar-refractivity contribution in [3.8, 4) is 11.5 Å². The summed E-state index contributed by atoms with van der Waals surface area (Å²) in [6.07, 6.45) is 0. The van der Waals surface area contributed by atoms with Crippen molar-refractivity contribution in [2.24, 2.45) is 0 Å². The molecule has 1 rings (SSSR count). The van der Waals surface area contributed by atoms with Crippen LogP contribution in [-0.4, -0.2) is 25.3 Å². The molecule has 1 aromatic rings. The summed E-state index contributed by atoms with van der Waals surface area (Å²) < 4.78 is 9.96. The summed E-state index contributed by atoms with van der Waals surface area (Å²) in [6, 6.07) is 3.37. The lowest BCUT2D eigenvalue weighted by Gasteiger charge is -2.11. The van der Waals surface area contributed by atoms with Gasteiger partial charge in [0.2, 0.25) is 0 Å². The molecule has 0 aliphatic carbocycles. The smallest absolute Gasteiger partial charge is 0.343 e. The van der Waals surface area contributed by atoms with Gasteiger partial charge in [0.05, 0.1) is 14.2 Å². The van der Waals surface area contributed by atoms with Gasteiger partial charge in [-0.15, -0.1) is 0 Å². The van der Waals surface area contributed by atoms with Gasteiger partial charge in [0.1, 0.15) is 17.1 Å². The van der Waals surface area contributed by atoms with E-state index in [1.165, 1.54) is 14.2 Å². The molecule has 0 bridgehead atoms. The average molecular weight is 196 g/mol. The molecule has 0 fully saturated rings. The van der Waals surface area contributed by atoms with Crippen LogP contribution in [0.15, 0.2) is 12.1 Å². The van der Waals surface area contributed by atoms with Gasteiger partial charge >= 0.3 is 5.97 Å². The highest BCUT2D eigenvalue weighted by molar-refractivity contribution is 5.94. The molecule has 0 aromatic heterocycles. The number of carboxylic acids is 1. The number of hydrogen-bond acceptors (Lipinski definition) is 3. The van der Waals surface area contributed by atoms with Crippen LogP contribution in [0, 0.1) is 6.92 Å². The molecule has 0 saturated carbocycles. The van der Waals surface area contributed by atoms with E-state index in [-0.39, 0.29) is 5.56 Å². The lowest BCUT2D eigenvalue weighted by molar-refractivity contribution is 0.0689. The van der Waals surface area contributed by atoms with Crippen molar-refractivity contribution in [1.82, 2.24) is 0 Å². The Morgan fingerprint density at radius 1 is 1.29 bits per heavy atom. The van der Waals surface area contributed by atoms with Gasteiger partial charge in [-0.05, 0) is 18.6 Å². The number of aromatic carboxylic acids is 1. The molecule has 0 radical (unpaired) electrons. The summed E-state index contributed by atoms with van der Waals surface area (Å²) in [5, 5.41) is 8.97. The third-order valence-electron chi connectivity index (χ3n) is 1.95. The number of methoxy groups -OCH3 is 2. The van der Waals surface area contributed by atoms with Crippen molar-refractivity contribution in [3.63, 3.8) is 0 Å². The molecule has 4 heteroatoms. The number of ether oxygens (including phenoxy) is 2. The fraction of sp³-hybridized carbons (Fsp3) is 0.300. The van der Waals surface area contributed by atoms with Gasteiger partial charge in [-0.3, -0.25) is 0 Å². The molecule has 0 aliphatic rings. The molecule has 14 heavy (non-hydrogen) atoms. The molecule has 4 nitrogen and oxygen atoms in total. The molecule has 0 heterocycles. The van der Waals surface area contributed by atoms with Gasteiger partial charge in [0.25, 0.3) is 0 Å². The monoisotopic (exact) mass is 196 g/mol. The van der Waals surface area contributed by atoms with Gasteiger partial charge in [-0.25, -0.2) is 4.79 Å². The van der Waals surface area contributed by atoms with Gasteiger partial charge in [0.15, 0.2) is 0 Å². The Morgan fingerprint density at radius 3 is 2.36 bits per heavy atom. The van der Waals surface area contributed by atoms with Crippen LogP contribution in [0.2, 0.25) is 0 Å². The fourth-order valence-corrected chi connectivity index (χ4v) is 1.30. The zero-order valence-corrected chi connectivity index (χ0v) is 8.33. The van der Waals surface area contributed by atoms with E-state index >= 15 is 0 Å². The standard InChI is InChI=1S/C10H12O4/c1-6-4-5-7(13-2)8(10(11)12)9(6)14-3/h4-5H,1-3H3,(H,11,12). The minimum absolute atomic E-state index is 0.0648. The van der Waals surface area contributed by atoms with Gasteiger partial charge < -0.3 is 14.6 Å². The first-order valence-electron chi connectivity index (χ1n) is 4.06. The normalized spacial score (nSPS) is 9.64. The summed E-state index contributed by atoms with van der Waals surface area (Å²) in [6.45, 7) is 1.78. The molecule has 0 amide bonds. The van der Waals surface area contributed by atoms with Crippen molar-refractivity contribution in [2.45, 2.75) is 6.92 Å². The third kappa shape index (κ3) is 1.64. The topological polar surface area (TPSA) is 55.8 Å². The van der Waals surface area contributed by atoms with Gasteiger partial charge in [0, 0.05) is 0 Å². The van der Waals surface area contributed by atoms with E-state index in [4.69, 9.17) is 14.6 Å². The number of carboxylic acid groups (broad SMARTS) is 1. The van der Waals surface area contributed by atoms with Crippen LogP contribution in [0.4, 0.5) is 0 Å². The van der Waals surface area contributed by atoms with E-state index in [1.54, 1.807) is 19.1 Å². The quantitative estimate of drug-likeness (QED) is 0.799. The van der Waals surface area contributed by atoms with Crippen molar-refractivity contribution in [3.05, 3.63) is 23.3 Å². The van der Waals surface area contributed by atoms with E-state index in [0.717, 1.165) is 5.56 Å². The highest BCUT2D eigenvalue weighted by Crippen LogP contribution is 2.31. The molecule has 0 aliphatic heterocycles. The number of benzene rings is 1. The van der Waals surface area contributed by atoms with Crippen molar-refractivity contribution in [1.29, 1.82) is 0 Å². The maximum Gasteiger partial charge on any atom is 0.343 e. The Hall–Kier alpha value is -1.71. The van der Waals surface area contributed by atoms with Crippen LogP contribution in [0.1, 0.15) is 15.9 Å². The molecular formula is C10H12O4. The summed E-state index contributed by atoms with van der Waals surface area (Å²) in [4.78, 5) is 11.0. The van der Waals surface area contributed by atoms with E-state index < -0.39 is 5.97 Å². The number of aryl methyl sites for hydroxylation is 1. The van der Waals surface area contributed by atoms with E-state index in [0.29, 0.717) is 11.5 Å². The SMILES string of the molecule is COc1ccc(C)c(OC)c1C(=O)O. The van der Waals surface area contributed by atoms with E-state index in [1.807, 2.05) is 0 Å². The van der Waals surface area contributed by atoms with Crippen LogP contribution >= 0.6 is 0 Å². The summed E-state index contributed by atoms with van der Waals surface area (Å²) in [5.74, 6) is -0.404. The van der Waals surface area contributed by atoms with Crippen molar-refractivity contribution in [2.75, 3.05) is 14.2 Å². The second-order valence-corrected chi connectivity index (χ2v) is 2.80. The maximum absolute atomic E-state index is 11.0. The molecule has 0 spiro atoms. The van der Waals surface area contributed by atoms with Crippen LogP contribution in [0.25, 0.3) is 0 Å². The number of hydrogen-bond donors (Lipinski definition) is 1. The first-order valence-corrected chi connectivity index (χ1v) is 4.06. The van der Waals surface area contributed by atoms with Crippen molar-refractivity contribution >= 4 is 5.97 Å². The Bertz CT molecular complexity index is 357. The Morgan fingerprint density at radius 2 is 1.93 bits per heavy atom.